The summed E-state index contributed by atoms with van der Waals surface area (Å²) in [5.74, 6) is -0.278. The summed E-state index contributed by atoms with van der Waals surface area (Å²) in [5, 5.41) is 0. The van der Waals surface area contributed by atoms with E-state index in [-0.39, 0.29) is 11.9 Å². The van der Waals surface area contributed by atoms with Crippen LogP contribution < -0.4 is 0 Å². The van der Waals surface area contributed by atoms with Crippen LogP contribution in [0.1, 0.15) is 40.0 Å². The van der Waals surface area contributed by atoms with Gasteiger partial charge in [0.15, 0.2) is 5.78 Å². The van der Waals surface area contributed by atoms with E-state index < -0.39 is 11.6 Å². The summed E-state index contributed by atoms with van der Waals surface area (Å²) in [4.78, 5) is 22.6. The largest absolute Gasteiger partial charge is 0.453 e. The molecule has 112 valence electrons. The Morgan fingerprint density at radius 1 is 1.30 bits per heavy atom. The number of hydrogen-bond donors (Lipinski definition) is 0. The maximum absolute atomic E-state index is 11.8. The molecule has 0 amide bonds. The third-order valence-electron chi connectivity index (χ3n) is 3.94. The predicted octanol–water partition coefficient (Wildman–Crippen LogP) is 2.82. The molecule has 1 rings (SSSR count). The monoisotopic (exact) mass is 280 g/mol. The topological polar surface area (TPSA) is 52.6 Å². The van der Waals surface area contributed by atoms with Crippen LogP contribution in [0.3, 0.4) is 0 Å². The fourth-order valence-electron chi connectivity index (χ4n) is 2.61. The molecule has 0 saturated heterocycles. The Bertz CT molecular complexity index is 424. The minimum atomic E-state index is -0.654. The molecule has 4 heteroatoms. The van der Waals surface area contributed by atoms with Crippen molar-refractivity contribution >= 4 is 11.8 Å². The van der Waals surface area contributed by atoms with Gasteiger partial charge in [-0.25, -0.2) is 4.79 Å². The molecule has 0 spiro atoms. The lowest BCUT2D eigenvalue weighted by atomic mass is 9.75. The van der Waals surface area contributed by atoms with E-state index >= 15 is 0 Å². The van der Waals surface area contributed by atoms with Crippen LogP contribution in [-0.4, -0.2) is 30.6 Å². The molecule has 0 heterocycles. The van der Waals surface area contributed by atoms with Crippen molar-refractivity contribution in [2.75, 3.05) is 7.11 Å². The lowest BCUT2D eigenvalue weighted by Crippen LogP contribution is -2.49. The quantitative estimate of drug-likeness (QED) is 0.441. The number of ketones is 1. The summed E-state index contributed by atoms with van der Waals surface area (Å²) in [5.41, 5.74) is 0.482. The van der Waals surface area contributed by atoms with Crippen LogP contribution in [0.15, 0.2) is 24.3 Å². The lowest BCUT2D eigenvalue weighted by Gasteiger charge is -2.42. The average Bonchev–Trinajstić information content (AvgIpc) is 2.36. The van der Waals surface area contributed by atoms with E-state index in [2.05, 4.69) is 6.58 Å². The van der Waals surface area contributed by atoms with E-state index in [1.54, 1.807) is 7.11 Å². The third-order valence-corrected chi connectivity index (χ3v) is 3.94. The molecular weight excluding hydrogens is 256 g/mol. The fraction of sp³-hybridized carbons (Fsp3) is 0.625. The molecule has 1 fully saturated rings. The first-order valence-corrected chi connectivity index (χ1v) is 6.88. The van der Waals surface area contributed by atoms with Crippen LogP contribution in [0.4, 0.5) is 0 Å². The van der Waals surface area contributed by atoms with Crippen LogP contribution in [0.5, 0.6) is 0 Å². The van der Waals surface area contributed by atoms with Crippen molar-refractivity contribution in [3.05, 3.63) is 24.3 Å². The number of allylic oxidation sites excluding steroid dienone is 2. The Labute approximate surface area is 120 Å². The van der Waals surface area contributed by atoms with Gasteiger partial charge in [-0.2, -0.15) is 0 Å². The van der Waals surface area contributed by atoms with Gasteiger partial charge in [-0.15, -0.1) is 0 Å². The van der Waals surface area contributed by atoms with Gasteiger partial charge >= 0.3 is 5.97 Å². The molecule has 1 aliphatic rings. The van der Waals surface area contributed by atoms with Crippen LogP contribution in [-0.2, 0) is 19.1 Å². The van der Waals surface area contributed by atoms with Crippen molar-refractivity contribution in [1.82, 2.24) is 0 Å². The maximum Gasteiger partial charge on any atom is 0.331 e. The van der Waals surface area contributed by atoms with Crippen molar-refractivity contribution in [3.63, 3.8) is 0 Å². The van der Waals surface area contributed by atoms with Gasteiger partial charge in [0.25, 0.3) is 0 Å². The standard InChI is InChI=1S/C16H24O4/c1-11(2)13-8-9-16(4,14(10-13)19-5)20-15(18)7-6-12(3)17/h6-7,13-14H,1,8-10H2,2-5H3/b7-6-/t13-,14+,16+/m1/s1. The highest BCUT2D eigenvalue weighted by atomic mass is 16.6. The zero-order valence-corrected chi connectivity index (χ0v) is 12.8. The molecule has 3 atom stereocenters. The van der Waals surface area contributed by atoms with Crippen LogP contribution in [0.2, 0.25) is 0 Å². The van der Waals surface area contributed by atoms with Gasteiger partial charge in [0.1, 0.15) is 5.60 Å². The summed E-state index contributed by atoms with van der Waals surface area (Å²) >= 11 is 0. The molecule has 0 radical (unpaired) electrons. The summed E-state index contributed by atoms with van der Waals surface area (Å²) in [7, 11) is 1.63. The lowest BCUT2D eigenvalue weighted by molar-refractivity contribution is -0.176. The molecular formula is C16H24O4. The van der Waals surface area contributed by atoms with Crippen LogP contribution >= 0.6 is 0 Å². The van der Waals surface area contributed by atoms with E-state index in [9.17, 15) is 9.59 Å². The van der Waals surface area contributed by atoms with E-state index in [0.717, 1.165) is 24.8 Å². The van der Waals surface area contributed by atoms with Gasteiger partial charge in [-0.3, -0.25) is 4.79 Å². The number of methoxy groups -OCH3 is 1. The molecule has 0 aromatic carbocycles. The second-order valence-corrected chi connectivity index (χ2v) is 5.72. The predicted molar refractivity (Wildman–Crippen MR) is 77.3 cm³/mol. The molecule has 1 saturated carbocycles. The zero-order chi connectivity index (χ0) is 15.3. The summed E-state index contributed by atoms with van der Waals surface area (Å²) in [6, 6.07) is 0. The van der Waals surface area contributed by atoms with Crippen molar-refractivity contribution < 1.29 is 19.1 Å². The Kier molecular flexibility index (Phi) is 5.69. The summed E-state index contributed by atoms with van der Waals surface area (Å²) < 4.78 is 11.0. The van der Waals surface area contributed by atoms with Crippen molar-refractivity contribution in [3.8, 4) is 0 Å². The third kappa shape index (κ3) is 4.30. The van der Waals surface area contributed by atoms with Crippen molar-refractivity contribution in [1.29, 1.82) is 0 Å². The Morgan fingerprint density at radius 2 is 1.95 bits per heavy atom. The first-order chi connectivity index (χ1) is 9.28. The molecule has 1 aliphatic carbocycles. The molecule has 20 heavy (non-hydrogen) atoms. The number of esters is 1. The minimum absolute atomic E-state index is 0.160. The van der Waals surface area contributed by atoms with Gasteiger partial charge in [0.2, 0.25) is 0 Å². The molecule has 0 aromatic rings. The van der Waals surface area contributed by atoms with Crippen molar-refractivity contribution in [2.45, 2.75) is 51.7 Å². The SMILES string of the molecule is C=C(C)[C@@H]1CC[C@](C)(OC(=O)/C=C\C(C)=O)[C@@H](OC)C1. The van der Waals surface area contributed by atoms with Gasteiger partial charge < -0.3 is 9.47 Å². The maximum atomic E-state index is 11.8. The van der Waals surface area contributed by atoms with Gasteiger partial charge in [-0.05, 0) is 52.0 Å². The molecule has 4 nitrogen and oxygen atoms in total. The highest BCUT2D eigenvalue weighted by Gasteiger charge is 2.43. The van der Waals surface area contributed by atoms with E-state index in [0.29, 0.717) is 5.92 Å². The van der Waals surface area contributed by atoms with E-state index in [1.165, 1.54) is 19.1 Å². The van der Waals surface area contributed by atoms with Gasteiger partial charge in [-0.1, -0.05) is 12.2 Å². The first kappa shape index (κ1) is 16.6. The average molecular weight is 280 g/mol. The first-order valence-electron chi connectivity index (χ1n) is 6.88. The highest BCUT2D eigenvalue weighted by molar-refractivity contribution is 5.94. The summed E-state index contributed by atoms with van der Waals surface area (Å²) in [6.45, 7) is 9.28. The second kappa shape index (κ2) is 6.84. The van der Waals surface area contributed by atoms with E-state index in [4.69, 9.17) is 9.47 Å². The van der Waals surface area contributed by atoms with Gasteiger partial charge in [0.05, 0.1) is 6.10 Å². The molecule has 0 N–H and O–H groups in total. The molecule has 0 unspecified atom stereocenters. The number of carbonyl (C=O) groups excluding carboxylic acids is 2. The normalized spacial score (nSPS) is 30.2. The highest BCUT2D eigenvalue weighted by Crippen LogP contribution is 2.39. The Morgan fingerprint density at radius 3 is 2.45 bits per heavy atom. The molecule has 0 bridgehead atoms. The van der Waals surface area contributed by atoms with Crippen LogP contribution in [0.25, 0.3) is 0 Å². The number of rotatable bonds is 5. The number of carbonyl (C=O) groups is 2. The van der Waals surface area contributed by atoms with Gasteiger partial charge in [0, 0.05) is 13.2 Å². The molecule has 0 aromatic heterocycles. The molecule has 0 aliphatic heterocycles. The van der Waals surface area contributed by atoms with Crippen LogP contribution in [0, 0.1) is 5.92 Å². The zero-order valence-electron chi connectivity index (χ0n) is 12.8. The van der Waals surface area contributed by atoms with Crippen molar-refractivity contribution in [2.24, 2.45) is 5.92 Å². The smallest absolute Gasteiger partial charge is 0.331 e. The van der Waals surface area contributed by atoms with E-state index in [1.807, 2.05) is 13.8 Å². The summed E-state index contributed by atoms with van der Waals surface area (Å²) in [6.07, 6.45) is 4.68. The Balaban J connectivity index is 2.74. The number of hydrogen-bond acceptors (Lipinski definition) is 4. The fourth-order valence-corrected chi connectivity index (χ4v) is 2.61. The number of ether oxygens (including phenoxy) is 2. The minimum Gasteiger partial charge on any atom is -0.453 e. The Hall–Kier alpha value is -1.42. The second-order valence-electron chi connectivity index (χ2n) is 5.72.